The minimum absolute atomic E-state index is 0. The Morgan fingerprint density at radius 2 is 2.18 bits per heavy atom. The lowest BCUT2D eigenvalue weighted by Gasteiger charge is -2.08. The molecule has 0 spiro atoms. The van der Waals surface area contributed by atoms with Gasteiger partial charge in [-0.1, -0.05) is 17.7 Å². The van der Waals surface area contributed by atoms with Gasteiger partial charge in [0.2, 0.25) is 5.91 Å². The Balaban J connectivity index is 0.00000256. The molecule has 0 heterocycles. The molecule has 0 bridgehead atoms. The number of hydrogen-bond donors (Lipinski definition) is 2. The second kappa shape index (κ2) is 7.54. The maximum Gasteiger partial charge on any atom is 0.224 e. The molecule has 0 saturated carbocycles. The number of carbonyl (C=O) groups is 1. The van der Waals surface area contributed by atoms with E-state index >= 15 is 0 Å². The van der Waals surface area contributed by atoms with Crippen molar-refractivity contribution in [2.45, 2.75) is 32.7 Å². The van der Waals surface area contributed by atoms with Crippen LogP contribution in [0.15, 0.2) is 18.2 Å². The van der Waals surface area contributed by atoms with Crippen LogP contribution in [0.4, 0.5) is 5.69 Å². The zero-order chi connectivity index (χ0) is 12.1. The third-order valence-corrected chi connectivity index (χ3v) is 2.69. The van der Waals surface area contributed by atoms with Crippen molar-refractivity contribution in [1.29, 1.82) is 0 Å². The quantitative estimate of drug-likeness (QED) is 0.888. The molecule has 1 aromatic carbocycles. The average Bonchev–Trinajstić information content (AvgIpc) is 2.21. The molecule has 96 valence electrons. The topological polar surface area (TPSA) is 55.1 Å². The molecule has 0 aromatic heterocycles. The maximum atomic E-state index is 11.5. The molecule has 0 aliphatic rings. The minimum Gasteiger partial charge on any atom is -0.328 e. The fraction of sp³-hybridized carbons (Fsp3) is 0.417. The molecule has 1 amide bonds. The number of hydrogen-bond acceptors (Lipinski definition) is 2. The molecule has 0 radical (unpaired) electrons. The Hall–Kier alpha value is -0.770. The molecule has 0 fully saturated rings. The number of nitrogens with one attached hydrogen (secondary N) is 1. The van der Waals surface area contributed by atoms with Crippen LogP contribution in [0.2, 0.25) is 5.02 Å². The molecule has 0 aliphatic carbocycles. The molecule has 1 unspecified atom stereocenters. The van der Waals surface area contributed by atoms with E-state index in [2.05, 4.69) is 5.32 Å². The molecular weight excluding hydrogens is 259 g/mol. The van der Waals surface area contributed by atoms with E-state index in [9.17, 15) is 4.79 Å². The number of carbonyl (C=O) groups excluding carboxylic acids is 1. The van der Waals surface area contributed by atoms with Crippen molar-refractivity contribution in [3.05, 3.63) is 28.8 Å². The number of benzene rings is 1. The van der Waals surface area contributed by atoms with E-state index in [1.54, 1.807) is 6.07 Å². The zero-order valence-corrected chi connectivity index (χ0v) is 11.6. The lowest BCUT2D eigenvalue weighted by molar-refractivity contribution is -0.116. The van der Waals surface area contributed by atoms with E-state index in [0.29, 0.717) is 17.9 Å². The highest BCUT2D eigenvalue weighted by molar-refractivity contribution is 6.31. The van der Waals surface area contributed by atoms with Crippen LogP contribution >= 0.6 is 24.0 Å². The molecule has 0 aliphatic heterocycles. The minimum atomic E-state index is -0.0304. The van der Waals surface area contributed by atoms with Crippen molar-refractivity contribution >= 4 is 35.6 Å². The van der Waals surface area contributed by atoms with Crippen molar-refractivity contribution in [3.8, 4) is 0 Å². The van der Waals surface area contributed by atoms with Crippen LogP contribution in [0.5, 0.6) is 0 Å². The molecule has 0 saturated heterocycles. The fourth-order valence-electron chi connectivity index (χ4n) is 1.25. The van der Waals surface area contributed by atoms with Crippen molar-refractivity contribution < 1.29 is 4.79 Å². The molecule has 1 aromatic rings. The Bertz CT molecular complexity index is 381. The van der Waals surface area contributed by atoms with Gasteiger partial charge < -0.3 is 11.1 Å². The van der Waals surface area contributed by atoms with E-state index in [-0.39, 0.29) is 24.4 Å². The van der Waals surface area contributed by atoms with Gasteiger partial charge in [-0.05, 0) is 38.0 Å². The fourth-order valence-corrected chi connectivity index (χ4v) is 1.43. The predicted molar refractivity (Wildman–Crippen MR) is 75.0 cm³/mol. The van der Waals surface area contributed by atoms with E-state index in [0.717, 1.165) is 11.3 Å². The van der Waals surface area contributed by atoms with Gasteiger partial charge >= 0.3 is 0 Å². The van der Waals surface area contributed by atoms with Crippen molar-refractivity contribution in [1.82, 2.24) is 0 Å². The highest BCUT2D eigenvalue weighted by Gasteiger charge is 2.05. The maximum absolute atomic E-state index is 11.5. The summed E-state index contributed by atoms with van der Waals surface area (Å²) >= 11 is 5.95. The van der Waals surface area contributed by atoms with E-state index in [1.165, 1.54) is 0 Å². The first-order valence-electron chi connectivity index (χ1n) is 5.30. The highest BCUT2D eigenvalue weighted by Crippen LogP contribution is 2.20. The van der Waals surface area contributed by atoms with Crippen LogP contribution < -0.4 is 11.1 Å². The van der Waals surface area contributed by atoms with Crippen LogP contribution in [0, 0.1) is 6.92 Å². The smallest absolute Gasteiger partial charge is 0.224 e. The Morgan fingerprint density at radius 1 is 1.53 bits per heavy atom. The largest absolute Gasteiger partial charge is 0.328 e. The van der Waals surface area contributed by atoms with E-state index < -0.39 is 0 Å². The summed E-state index contributed by atoms with van der Waals surface area (Å²) in [5.41, 5.74) is 7.30. The summed E-state index contributed by atoms with van der Waals surface area (Å²) in [5.74, 6) is -0.0304. The van der Waals surface area contributed by atoms with Gasteiger partial charge in [-0.25, -0.2) is 0 Å². The second-order valence-electron chi connectivity index (χ2n) is 4.03. The molecule has 1 atom stereocenters. The van der Waals surface area contributed by atoms with E-state index in [1.807, 2.05) is 26.0 Å². The average molecular weight is 277 g/mol. The molecule has 17 heavy (non-hydrogen) atoms. The summed E-state index contributed by atoms with van der Waals surface area (Å²) in [6.45, 7) is 3.81. The molecule has 3 nitrogen and oxygen atoms in total. The van der Waals surface area contributed by atoms with Crippen LogP contribution in [0.1, 0.15) is 25.3 Å². The summed E-state index contributed by atoms with van der Waals surface area (Å²) in [6.07, 6.45) is 1.12. The summed E-state index contributed by atoms with van der Waals surface area (Å²) in [6, 6.07) is 5.52. The zero-order valence-electron chi connectivity index (χ0n) is 10.00. The van der Waals surface area contributed by atoms with E-state index in [4.69, 9.17) is 17.3 Å². The van der Waals surface area contributed by atoms with Gasteiger partial charge in [0.05, 0.1) is 0 Å². The van der Waals surface area contributed by atoms with Gasteiger partial charge in [0.25, 0.3) is 0 Å². The van der Waals surface area contributed by atoms with Crippen LogP contribution in [-0.2, 0) is 4.79 Å². The first-order valence-corrected chi connectivity index (χ1v) is 5.68. The van der Waals surface area contributed by atoms with Crippen LogP contribution in [-0.4, -0.2) is 11.9 Å². The predicted octanol–water partition coefficient (Wildman–Crippen LogP) is 3.14. The van der Waals surface area contributed by atoms with Gasteiger partial charge in [0.1, 0.15) is 0 Å². The van der Waals surface area contributed by atoms with Crippen molar-refractivity contribution in [2.75, 3.05) is 5.32 Å². The first kappa shape index (κ1) is 16.2. The SMILES string of the molecule is Cc1ccc(NC(=O)CCC(C)N)cc1Cl.Cl. The molecular formula is C12H18Cl2N2O. The summed E-state index contributed by atoms with van der Waals surface area (Å²) in [4.78, 5) is 11.5. The van der Waals surface area contributed by atoms with Gasteiger partial charge in [-0.3, -0.25) is 4.79 Å². The second-order valence-corrected chi connectivity index (χ2v) is 4.44. The number of anilines is 1. The Morgan fingerprint density at radius 3 is 2.71 bits per heavy atom. The van der Waals surface area contributed by atoms with Gasteiger partial charge in [-0.15, -0.1) is 12.4 Å². The summed E-state index contributed by atoms with van der Waals surface area (Å²) in [5, 5.41) is 3.44. The number of rotatable bonds is 4. The van der Waals surface area contributed by atoms with Crippen LogP contribution in [0.3, 0.4) is 0 Å². The van der Waals surface area contributed by atoms with Crippen LogP contribution in [0.25, 0.3) is 0 Å². The van der Waals surface area contributed by atoms with Gasteiger partial charge in [0, 0.05) is 23.2 Å². The number of aryl methyl sites for hydroxylation is 1. The number of nitrogens with two attached hydrogens (primary N) is 1. The number of amides is 1. The third-order valence-electron chi connectivity index (χ3n) is 2.28. The Kier molecular flexibility index (Phi) is 7.19. The monoisotopic (exact) mass is 276 g/mol. The van der Waals surface area contributed by atoms with Gasteiger partial charge in [0.15, 0.2) is 0 Å². The first-order chi connectivity index (χ1) is 7.49. The lowest BCUT2D eigenvalue weighted by atomic mass is 10.2. The molecule has 1 rings (SSSR count). The van der Waals surface area contributed by atoms with Gasteiger partial charge in [-0.2, -0.15) is 0 Å². The summed E-state index contributed by atoms with van der Waals surface area (Å²) in [7, 11) is 0. The standard InChI is InChI=1S/C12H17ClN2O.ClH/c1-8-3-5-10(7-11(8)13)15-12(16)6-4-9(2)14;/h3,5,7,9H,4,6,14H2,1-2H3,(H,15,16);1H. The third kappa shape index (κ3) is 5.91. The lowest BCUT2D eigenvalue weighted by Crippen LogP contribution is -2.19. The number of halogens is 2. The molecule has 3 N–H and O–H groups in total. The normalized spacial score (nSPS) is 11.5. The summed E-state index contributed by atoms with van der Waals surface area (Å²) < 4.78 is 0. The Labute approximate surface area is 113 Å². The highest BCUT2D eigenvalue weighted by atomic mass is 35.5. The molecule has 5 heteroatoms. The van der Waals surface area contributed by atoms with Crippen molar-refractivity contribution in [2.24, 2.45) is 5.73 Å². The van der Waals surface area contributed by atoms with Crippen molar-refractivity contribution in [3.63, 3.8) is 0 Å².